The third kappa shape index (κ3) is 4.75. The van der Waals surface area contributed by atoms with Crippen molar-refractivity contribution < 1.29 is 14.4 Å². The van der Waals surface area contributed by atoms with Gasteiger partial charge in [0, 0.05) is 18.6 Å². The molecule has 1 aromatic rings. The quantitative estimate of drug-likeness (QED) is 0.663. The average molecular weight is 291 g/mol. The summed E-state index contributed by atoms with van der Waals surface area (Å²) in [5, 5.41) is 7.25. The first kappa shape index (κ1) is 15.3. The summed E-state index contributed by atoms with van der Waals surface area (Å²) in [7, 11) is 3.78. The number of para-hydroxylation sites is 2. The molecule has 114 valence electrons. The summed E-state index contributed by atoms with van der Waals surface area (Å²) in [6, 6.07) is 7.50. The van der Waals surface area contributed by atoms with Crippen LogP contribution in [0, 0.1) is 0 Å². The van der Waals surface area contributed by atoms with Gasteiger partial charge in [0.1, 0.15) is 5.75 Å². The summed E-state index contributed by atoms with van der Waals surface area (Å²) in [6.45, 7) is 2.32. The van der Waals surface area contributed by atoms with Crippen molar-refractivity contribution in [3.8, 4) is 5.75 Å². The van der Waals surface area contributed by atoms with Gasteiger partial charge in [-0.2, -0.15) is 5.10 Å². The number of methoxy groups -OCH3 is 1. The normalized spacial score (nSPS) is 18.0. The Morgan fingerprint density at radius 2 is 2.05 bits per heavy atom. The predicted molar refractivity (Wildman–Crippen MR) is 82.9 cm³/mol. The van der Waals surface area contributed by atoms with E-state index < -0.39 is 0 Å². The van der Waals surface area contributed by atoms with Crippen LogP contribution in [0.3, 0.4) is 0 Å². The standard InChI is InChI=1S/C15H22N4O2/c1-19-9-7-12(8-10-19)17-18-15(20)11-16-13-5-3-4-6-14(13)21-2/h3-6,16H,7-11H2,1-2H3,(H,18,20)/p+1. The Morgan fingerprint density at radius 1 is 1.33 bits per heavy atom. The second-order valence-corrected chi connectivity index (χ2v) is 5.22. The third-order valence-electron chi connectivity index (χ3n) is 3.57. The molecule has 3 N–H and O–H groups in total. The van der Waals surface area contributed by atoms with E-state index in [0.717, 1.165) is 43.1 Å². The molecular weight excluding hydrogens is 268 g/mol. The second kappa shape index (κ2) is 7.64. The number of piperidine rings is 1. The maximum atomic E-state index is 11.8. The van der Waals surface area contributed by atoms with Gasteiger partial charge in [0.2, 0.25) is 0 Å². The zero-order chi connectivity index (χ0) is 15.1. The van der Waals surface area contributed by atoms with E-state index in [1.807, 2.05) is 24.3 Å². The number of hydrazone groups is 1. The van der Waals surface area contributed by atoms with Gasteiger partial charge in [-0.15, -0.1) is 0 Å². The van der Waals surface area contributed by atoms with Crippen LogP contribution in [-0.2, 0) is 4.79 Å². The van der Waals surface area contributed by atoms with Crippen molar-refractivity contribution in [3.05, 3.63) is 24.3 Å². The maximum Gasteiger partial charge on any atom is 0.259 e. The molecule has 1 heterocycles. The lowest BCUT2D eigenvalue weighted by molar-refractivity contribution is -0.880. The van der Waals surface area contributed by atoms with E-state index in [4.69, 9.17) is 4.74 Å². The lowest BCUT2D eigenvalue weighted by Gasteiger charge is -2.20. The van der Waals surface area contributed by atoms with Gasteiger partial charge < -0.3 is 15.0 Å². The second-order valence-electron chi connectivity index (χ2n) is 5.22. The maximum absolute atomic E-state index is 11.8. The monoisotopic (exact) mass is 291 g/mol. The smallest absolute Gasteiger partial charge is 0.259 e. The zero-order valence-electron chi connectivity index (χ0n) is 12.6. The summed E-state index contributed by atoms with van der Waals surface area (Å²) in [4.78, 5) is 13.3. The lowest BCUT2D eigenvalue weighted by atomic mass is 10.1. The van der Waals surface area contributed by atoms with Gasteiger partial charge in [0.05, 0.1) is 39.5 Å². The highest BCUT2D eigenvalue weighted by Gasteiger charge is 2.14. The molecular formula is C15H23N4O2+. The van der Waals surface area contributed by atoms with E-state index in [0.29, 0.717) is 0 Å². The number of nitrogens with one attached hydrogen (secondary N) is 3. The Kier molecular flexibility index (Phi) is 5.57. The molecule has 0 atom stereocenters. The molecule has 0 bridgehead atoms. The van der Waals surface area contributed by atoms with Crippen molar-refractivity contribution in [2.45, 2.75) is 12.8 Å². The highest BCUT2D eigenvalue weighted by atomic mass is 16.5. The van der Waals surface area contributed by atoms with Gasteiger partial charge in [-0.05, 0) is 12.1 Å². The van der Waals surface area contributed by atoms with Crippen molar-refractivity contribution >= 4 is 17.3 Å². The summed E-state index contributed by atoms with van der Waals surface area (Å²) in [5.74, 6) is 0.564. The molecule has 1 aliphatic rings. The first-order chi connectivity index (χ1) is 10.2. The zero-order valence-corrected chi connectivity index (χ0v) is 12.6. The van der Waals surface area contributed by atoms with Gasteiger partial charge in [0.25, 0.3) is 5.91 Å². The largest absolute Gasteiger partial charge is 0.495 e. The van der Waals surface area contributed by atoms with Gasteiger partial charge >= 0.3 is 0 Å². The number of rotatable bonds is 5. The van der Waals surface area contributed by atoms with Crippen LogP contribution in [0.1, 0.15) is 12.8 Å². The van der Waals surface area contributed by atoms with Crippen LogP contribution in [0.15, 0.2) is 29.4 Å². The fourth-order valence-electron chi connectivity index (χ4n) is 2.22. The summed E-state index contributed by atoms with van der Waals surface area (Å²) in [6.07, 6.45) is 1.90. The summed E-state index contributed by atoms with van der Waals surface area (Å²) in [5.41, 5.74) is 4.48. The van der Waals surface area contributed by atoms with Crippen molar-refractivity contribution in [1.29, 1.82) is 0 Å². The van der Waals surface area contributed by atoms with Crippen LogP contribution in [0.25, 0.3) is 0 Å². The Morgan fingerprint density at radius 3 is 2.76 bits per heavy atom. The average Bonchev–Trinajstić information content (AvgIpc) is 2.52. The molecule has 1 saturated heterocycles. The number of hydrogen-bond donors (Lipinski definition) is 3. The number of carbonyl (C=O) groups is 1. The van der Waals surface area contributed by atoms with Crippen LogP contribution < -0.4 is 20.4 Å². The fraction of sp³-hybridized carbons (Fsp3) is 0.467. The molecule has 0 spiro atoms. The highest BCUT2D eigenvalue weighted by molar-refractivity contribution is 5.87. The molecule has 1 aliphatic heterocycles. The number of carbonyl (C=O) groups excluding carboxylic acids is 1. The Bertz CT molecular complexity index is 506. The molecule has 1 amide bonds. The highest BCUT2D eigenvalue weighted by Crippen LogP contribution is 2.22. The van der Waals surface area contributed by atoms with Crippen molar-refractivity contribution in [2.24, 2.45) is 5.10 Å². The Labute approximate surface area is 125 Å². The van der Waals surface area contributed by atoms with Crippen LogP contribution in [0.5, 0.6) is 5.75 Å². The number of benzene rings is 1. The van der Waals surface area contributed by atoms with Crippen molar-refractivity contribution in [2.75, 3.05) is 39.1 Å². The number of likely N-dealkylation sites (tertiary alicyclic amines) is 1. The van der Waals surface area contributed by atoms with E-state index >= 15 is 0 Å². The minimum absolute atomic E-state index is 0.153. The predicted octanol–water partition coefficient (Wildman–Crippen LogP) is -0.112. The number of anilines is 1. The van der Waals surface area contributed by atoms with E-state index in [-0.39, 0.29) is 12.5 Å². The summed E-state index contributed by atoms with van der Waals surface area (Å²) < 4.78 is 5.22. The molecule has 1 fully saturated rings. The van der Waals surface area contributed by atoms with Crippen molar-refractivity contribution in [3.63, 3.8) is 0 Å². The van der Waals surface area contributed by atoms with E-state index in [2.05, 4.69) is 22.9 Å². The first-order valence-electron chi connectivity index (χ1n) is 7.21. The topological polar surface area (TPSA) is 67.2 Å². The van der Waals surface area contributed by atoms with Crippen LogP contribution in [-0.4, -0.2) is 45.4 Å². The van der Waals surface area contributed by atoms with Gasteiger partial charge in [0.15, 0.2) is 0 Å². The van der Waals surface area contributed by atoms with E-state index in [9.17, 15) is 4.79 Å². The minimum atomic E-state index is -0.153. The van der Waals surface area contributed by atoms with Gasteiger partial charge in [-0.25, -0.2) is 5.43 Å². The Balaban J connectivity index is 1.78. The van der Waals surface area contributed by atoms with Crippen LogP contribution in [0.2, 0.25) is 0 Å². The first-order valence-corrected chi connectivity index (χ1v) is 7.21. The number of ether oxygens (including phenoxy) is 1. The molecule has 6 nitrogen and oxygen atoms in total. The molecule has 6 heteroatoms. The molecule has 21 heavy (non-hydrogen) atoms. The molecule has 1 aromatic carbocycles. The number of nitrogens with zero attached hydrogens (tertiary/aromatic N) is 1. The van der Waals surface area contributed by atoms with Gasteiger partial charge in [-0.1, -0.05) is 12.1 Å². The number of quaternary nitrogens is 1. The van der Waals surface area contributed by atoms with E-state index in [1.54, 1.807) is 7.11 Å². The third-order valence-corrected chi connectivity index (χ3v) is 3.57. The minimum Gasteiger partial charge on any atom is -0.495 e. The van der Waals surface area contributed by atoms with Gasteiger partial charge in [-0.3, -0.25) is 4.79 Å². The van der Waals surface area contributed by atoms with Crippen molar-refractivity contribution in [1.82, 2.24) is 5.43 Å². The number of hydrogen-bond acceptors (Lipinski definition) is 4. The Hall–Kier alpha value is -2.08. The van der Waals surface area contributed by atoms with E-state index in [1.165, 1.54) is 4.90 Å². The fourth-order valence-corrected chi connectivity index (χ4v) is 2.22. The lowest BCUT2D eigenvalue weighted by Crippen LogP contribution is -3.10. The summed E-state index contributed by atoms with van der Waals surface area (Å²) >= 11 is 0. The molecule has 0 aliphatic carbocycles. The molecule has 0 aromatic heterocycles. The van der Waals surface area contributed by atoms with Crippen LogP contribution >= 0.6 is 0 Å². The molecule has 2 rings (SSSR count). The number of amides is 1. The molecule has 0 radical (unpaired) electrons. The SMILES string of the molecule is COc1ccccc1NCC(=O)NN=C1CC[NH+](C)CC1. The van der Waals surface area contributed by atoms with Crippen LogP contribution in [0.4, 0.5) is 5.69 Å². The molecule has 0 saturated carbocycles. The molecule has 0 unspecified atom stereocenters.